The second-order valence-corrected chi connectivity index (χ2v) is 3.50. The number of halogens is 1. The van der Waals surface area contributed by atoms with E-state index in [9.17, 15) is 0 Å². The molecule has 1 fully saturated rings. The fraction of sp³-hybridized carbons (Fsp3) is 1.00. The molecular formula is C7H14BrNO. The van der Waals surface area contributed by atoms with Crippen molar-refractivity contribution in [2.75, 3.05) is 25.0 Å². The fourth-order valence-corrected chi connectivity index (χ4v) is 1.96. The van der Waals surface area contributed by atoms with Crippen LogP contribution in [0.15, 0.2) is 0 Å². The van der Waals surface area contributed by atoms with Gasteiger partial charge in [-0.25, -0.2) is 0 Å². The third kappa shape index (κ3) is 1.94. The summed E-state index contributed by atoms with van der Waals surface area (Å²) >= 11 is 3.39. The Morgan fingerprint density at radius 3 is 3.00 bits per heavy atom. The Morgan fingerprint density at radius 2 is 2.40 bits per heavy atom. The van der Waals surface area contributed by atoms with Crippen LogP contribution in [-0.4, -0.2) is 41.1 Å². The van der Waals surface area contributed by atoms with Gasteiger partial charge in [0.15, 0.2) is 0 Å². The van der Waals surface area contributed by atoms with Crippen molar-refractivity contribution in [1.82, 2.24) is 4.90 Å². The molecule has 0 aromatic rings. The smallest absolute Gasteiger partial charge is 0.0586 e. The van der Waals surface area contributed by atoms with Gasteiger partial charge in [-0.15, -0.1) is 0 Å². The molecule has 1 unspecified atom stereocenters. The monoisotopic (exact) mass is 207 g/mol. The molecule has 0 bridgehead atoms. The summed E-state index contributed by atoms with van der Waals surface area (Å²) in [5.74, 6) is 0. The van der Waals surface area contributed by atoms with Crippen LogP contribution in [0.25, 0.3) is 0 Å². The zero-order valence-electron chi connectivity index (χ0n) is 6.09. The van der Waals surface area contributed by atoms with Crippen molar-refractivity contribution < 1.29 is 5.11 Å². The summed E-state index contributed by atoms with van der Waals surface area (Å²) in [5, 5.41) is 9.92. The number of rotatable bonds is 3. The molecule has 1 heterocycles. The Morgan fingerprint density at radius 1 is 1.60 bits per heavy atom. The number of hydrogen-bond donors (Lipinski definition) is 1. The molecule has 0 aliphatic carbocycles. The van der Waals surface area contributed by atoms with Crippen LogP contribution in [0.2, 0.25) is 0 Å². The topological polar surface area (TPSA) is 23.5 Å². The van der Waals surface area contributed by atoms with E-state index in [0.717, 1.165) is 18.4 Å². The van der Waals surface area contributed by atoms with E-state index >= 15 is 0 Å². The third-order valence-corrected chi connectivity index (χ3v) is 2.44. The highest BCUT2D eigenvalue weighted by atomic mass is 79.9. The maximum absolute atomic E-state index is 8.91. The van der Waals surface area contributed by atoms with Crippen LogP contribution in [0.5, 0.6) is 0 Å². The first-order chi connectivity index (χ1) is 4.88. The van der Waals surface area contributed by atoms with Crippen molar-refractivity contribution in [3.63, 3.8) is 0 Å². The van der Waals surface area contributed by atoms with Gasteiger partial charge < -0.3 is 5.11 Å². The van der Waals surface area contributed by atoms with Crippen LogP contribution in [0.3, 0.4) is 0 Å². The van der Waals surface area contributed by atoms with Gasteiger partial charge in [-0.2, -0.15) is 0 Å². The SMILES string of the molecule is OCC1CCCN1CCBr. The van der Waals surface area contributed by atoms with Gasteiger partial charge >= 0.3 is 0 Å². The van der Waals surface area contributed by atoms with Gasteiger partial charge in [-0.05, 0) is 19.4 Å². The second kappa shape index (κ2) is 4.31. The molecule has 3 heteroatoms. The zero-order chi connectivity index (χ0) is 7.40. The van der Waals surface area contributed by atoms with Crippen molar-refractivity contribution in [3.05, 3.63) is 0 Å². The Hall–Kier alpha value is 0.400. The predicted molar refractivity (Wildman–Crippen MR) is 45.5 cm³/mol. The minimum absolute atomic E-state index is 0.326. The molecule has 1 saturated heterocycles. The number of hydrogen-bond acceptors (Lipinski definition) is 2. The summed E-state index contributed by atoms with van der Waals surface area (Å²) in [4.78, 5) is 2.34. The minimum atomic E-state index is 0.326. The largest absolute Gasteiger partial charge is 0.395 e. The van der Waals surface area contributed by atoms with E-state index in [1.54, 1.807) is 0 Å². The summed E-state index contributed by atoms with van der Waals surface area (Å²) in [6, 6.07) is 0.442. The van der Waals surface area contributed by atoms with Crippen molar-refractivity contribution in [3.8, 4) is 0 Å². The Labute approximate surface area is 70.3 Å². The number of aliphatic hydroxyl groups is 1. The quantitative estimate of drug-likeness (QED) is 0.694. The Balaban J connectivity index is 2.27. The lowest BCUT2D eigenvalue weighted by molar-refractivity contribution is 0.165. The van der Waals surface area contributed by atoms with Crippen LogP contribution in [0.4, 0.5) is 0 Å². The van der Waals surface area contributed by atoms with Crippen molar-refractivity contribution >= 4 is 15.9 Å². The first-order valence-corrected chi connectivity index (χ1v) is 4.91. The van der Waals surface area contributed by atoms with E-state index in [2.05, 4.69) is 20.8 Å². The highest BCUT2D eigenvalue weighted by Gasteiger charge is 2.22. The van der Waals surface area contributed by atoms with Gasteiger partial charge in [0.1, 0.15) is 0 Å². The third-order valence-electron chi connectivity index (χ3n) is 2.08. The highest BCUT2D eigenvalue weighted by molar-refractivity contribution is 9.09. The molecule has 60 valence electrons. The van der Waals surface area contributed by atoms with Crippen LogP contribution >= 0.6 is 15.9 Å². The molecule has 2 nitrogen and oxygen atoms in total. The summed E-state index contributed by atoms with van der Waals surface area (Å²) in [6.07, 6.45) is 2.42. The normalized spacial score (nSPS) is 27.6. The number of nitrogens with zero attached hydrogens (tertiary/aromatic N) is 1. The van der Waals surface area contributed by atoms with E-state index in [4.69, 9.17) is 5.11 Å². The van der Waals surface area contributed by atoms with Gasteiger partial charge in [-0.3, -0.25) is 4.90 Å². The van der Waals surface area contributed by atoms with Gasteiger partial charge in [0.2, 0.25) is 0 Å². The molecule has 10 heavy (non-hydrogen) atoms. The lowest BCUT2D eigenvalue weighted by Gasteiger charge is -2.20. The van der Waals surface area contributed by atoms with Gasteiger partial charge in [0.05, 0.1) is 6.61 Å². The van der Waals surface area contributed by atoms with Gasteiger partial charge in [0, 0.05) is 17.9 Å². The molecular weight excluding hydrogens is 194 g/mol. The number of likely N-dealkylation sites (tertiary alicyclic amines) is 1. The minimum Gasteiger partial charge on any atom is -0.395 e. The maximum Gasteiger partial charge on any atom is 0.0586 e. The van der Waals surface area contributed by atoms with Crippen LogP contribution < -0.4 is 0 Å². The maximum atomic E-state index is 8.91. The van der Waals surface area contributed by atoms with Gasteiger partial charge in [-0.1, -0.05) is 15.9 Å². The lowest BCUT2D eigenvalue weighted by atomic mass is 10.2. The Bertz CT molecular complexity index is 99.6. The van der Waals surface area contributed by atoms with E-state index < -0.39 is 0 Å². The predicted octanol–water partition coefficient (Wildman–Crippen LogP) is 0.838. The van der Waals surface area contributed by atoms with E-state index in [1.807, 2.05) is 0 Å². The molecule has 0 spiro atoms. The van der Waals surface area contributed by atoms with Crippen LogP contribution in [0, 0.1) is 0 Å². The molecule has 0 saturated carbocycles. The molecule has 0 radical (unpaired) electrons. The zero-order valence-corrected chi connectivity index (χ0v) is 7.68. The van der Waals surface area contributed by atoms with Crippen LogP contribution in [-0.2, 0) is 0 Å². The number of aliphatic hydroxyl groups excluding tert-OH is 1. The first kappa shape index (κ1) is 8.50. The van der Waals surface area contributed by atoms with E-state index in [-0.39, 0.29) is 0 Å². The molecule has 0 amide bonds. The molecule has 1 N–H and O–H groups in total. The van der Waals surface area contributed by atoms with Gasteiger partial charge in [0.25, 0.3) is 0 Å². The summed E-state index contributed by atoms with van der Waals surface area (Å²) in [7, 11) is 0. The fourth-order valence-electron chi connectivity index (χ4n) is 1.50. The molecule has 1 rings (SSSR count). The molecule has 0 aromatic carbocycles. The molecule has 0 aromatic heterocycles. The van der Waals surface area contributed by atoms with E-state index in [1.165, 1.54) is 12.8 Å². The lowest BCUT2D eigenvalue weighted by Crippen LogP contribution is -2.33. The van der Waals surface area contributed by atoms with Crippen molar-refractivity contribution in [2.24, 2.45) is 0 Å². The summed E-state index contributed by atoms with van der Waals surface area (Å²) < 4.78 is 0. The average molecular weight is 208 g/mol. The van der Waals surface area contributed by atoms with Crippen molar-refractivity contribution in [1.29, 1.82) is 0 Å². The summed E-state index contributed by atoms with van der Waals surface area (Å²) in [6.45, 7) is 2.56. The summed E-state index contributed by atoms with van der Waals surface area (Å²) in [5.41, 5.74) is 0. The number of alkyl halides is 1. The average Bonchev–Trinajstić information content (AvgIpc) is 2.36. The molecule has 1 aliphatic rings. The van der Waals surface area contributed by atoms with Crippen molar-refractivity contribution in [2.45, 2.75) is 18.9 Å². The first-order valence-electron chi connectivity index (χ1n) is 3.79. The highest BCUT2D eigenvalue weighted by Crippen LogP contribution is 2.15. The standard InChI is InChI=1S/C7H14BrNO/c8-3-5-9-4-1-2-7(9)6-10/h7,10H,1-6H2. The Kier molecular flexibility index (Phi) is 3.66. The van der Waals surface area contributed by atoms with E-state index in [0.29, 0.717) is 12.6 Å². The molecule has 1 aliphatic heterocycles. The van der Waals surface area contributed by atoms with Crippen LogP contribution in [0.1, 0.15) is 12.8 Å². The molecule has 1 atom stereocenters. The second-order valence-electron chi connectivity index (χ2n) is 2.70.